The summed E-state index contributed by atoms with van der Waals surface area (Å²) in [5.74, 6) is 0. The Morgan fingerprint density at radius 2 is 0.966 bits per heavy atom. The second-order valence-electron chi connectivity index (χ2n) is 14.9. The van der Waals surface area contributed by atoms with Crippen molar-refractivity contribution in [3.8, 4) is 27.9 Å². The SMILES string of the molecule is c1ccc(-c2cccc3c2oc2ccc(-c4ccc(N(c5ccc6c(c5)oc5ccccc56)c5ccc6c(c5)c5ccccc5n6-c5ccccc5)cc4)cc23)cc1. The number of benzene rings is 9. The smallest absolute Gasteiger partial charge is 0.143 e. The van der Waals surface area contributed by atoms with Crippen LogP contribution >= 0.6 is 0 Å². The maximum atomic E-state index is 6.50. The maximum absolute atomic E-state index is 6.50. The Hall–Kier alpha value is -7.82. The van der Waals surface area contributed by atoms with E-state index in [9.17, 15) is 0 Å². The van der Waals surface area contributed by atoms with E-state index in [-0.39, 0.29) is 0 Å². The van der Waals surface area contributed by atoms with Crippen molar-refractivity contribution in [1.29, 1.82) is 0 Å². The zero-order valence-electron chi connectivity index (χ0n) is 31.3. The molecule has 4 nitrogen and oxygen atoms in total. The van der Waals surface area contributed by atoms with Gasteiger partial charge in [-0.25, -0.2) is 0 Å². The van der Waals surface area contributed by atoms with Gasteiger partial charge in [-0.1, -0.05) is 121 Å². The molecule has 272 valence electrons. The van der Waals surface area contributed by atoms with Gasteiger partial charge < -0.3 is 18.3 Å². The van der Waals surface area contributed by atoms with Crippen LogP contribution in [0, 0.1) is 0 Å². The van der Waals surface area contributed by atoms with E-state index in [1.54, 1.807) is 0 Å². The van der Waals surface area contributed by atoms with Crippen LogP contribution in [0.15, 0.2) is 215 Å². The highest BCUT2D eigenvalue weighted by molar-refractivity contribution is 6.12. The molecule has 0 aliphatic carbocycles. The molecule has 0 N–H and O–H groups in total. The third-order valence-corrected chi connectivity index (χ3v) is 11.6. The lowest BCUT2D eigenvalue weighted by molar-refractivity contribution is 0.669. The van der Waals surface area contributed by atoms with Gasteiger partial charge in [-0.15, -0.1) is 0 Å². The molecule has 0 fully saturated rings. The van der Waals surface area contributed by atoms with Crippen molar-refractivity contribution >= 4 is 82.7 Å². The number of hydrogen-bond acceptors (Lipinski definition) is 3. The zero-order chi connectivity index (χ0) is 38.2. The molecule has 3 aromatic heterocycles. The summed E-state index contributed by atoms with van der Waals surface area (Å²) in [7, 11) is 0. The van der Waals surface area contributed by atoms with E-state index in [1.807, 2.05) is 18.2 Å². The molecule has 0 unspecified atom stereocenters. The first-order valence-corrected chi connectivity index (χ1v) is 19.7. The van der Waals surface area contributed by atoms with E-state index in [4.69, 9.17) is 8.83 Å². The fraction of sp³-hybridized carbons (Fsp3) is 0. The van der Waals surface area contributed by atoms with Gasteiger partial charge in [-0.2, -0.15) is 0 Å². The lowest BCUT2D eigenvalue weighted by Gasteiger charge is -2.26. The number of nitrogens with zero attached hydrogens (tertiary/aromatic N) is 2. The van der Waals surface area contributed by atoms with E-state index in [0.29, 0.717) is 0 Å². The number of fused-ring (bicyclic) bond motifs is 9. The summed E-state index contributed by atoms with van der Waals surface area (Å²) in [5.41, 5.74) is 14.7. The fourth-order valence-electron chi connectivity index (χ4n) is 8.88. The monoisotopic (exact) mass is 742 g/mol. The minimum Gasteiger partial charge on any atom is -0.456 e. The van der Waals surface area contributed by atoms with Gasteiger partial charge in [0.25, 0.3) is 0 Å². The van der Waals surface area contributed by atoms with Gasteiger partial charge in [0.1, 0.15) is 22.3 Å². The topological polar surface area (TPSA) is 34.5 Å². The highest BCUT2D eigenvalue weighted by atomic mass is 16.3. The molecule has 12 aromatic rings. The molecule has 58 heavy (non-hydrogen) atoms. The van der Waals surface area contributed by atoms with Crippen molar-refractivity contribution in [1.82, 2.24) is 4.57 Å². The number of furan rings is 2. The molecule has 9 aromatic carbocycles. The van der Waals surface area contributed by atoms with Crippen LogP contribution in [0.2, 0.25) is 0 Å². The van der Waals surface area contributed by atoms with Crippen molar-refractivity contribution in [2.45, 2.75) is 0 Å². The Bertz CT molecular complexity index is 3500. The van der Waals surface area contributed by atoms with Crippen molar-refractivity contribution in [3.63, 3.8) is 0 Å². The largest absolute Gasteiger partial charge is 0.456 e. The molecule has 4 heteroatoms. The normalized spacial score (nSPS) is 11.8. The van der Waals surface area contributed by atoms with Gasteiger partial charge in [-0.05, 0) is 95.6 Å². The van der Waals surface area contributed by atoms with Gasteiger partial charge in [0.05, 0.1) is 11.0 Å². The lowest BCUT2D eigenvalue weighted by atomic mass is 10.00. The van der Waals surface area contributed by atoms with Gasteiger partial charge in [-0.3, -0.25) is 0 Å². The number of para-hydroxylation sites is 4. The highest BCUT2D eigenvalue weighted by Crippen LogP contribution is 2.43. The lowest BCUT2D eigenvalue weighted by Crippen LogP contribution is -2.09. The van der Waals surface area contributed by atoms with E-state index in [0.717, 1.165) is 94.4 Å². The Morgan fingerprint density at radius 3 is 1.83 bits per heavy atom. The summed E-state index contributed by atoms with van der Waals surface area (Å²) >= 11 is 0. The second-order valence-corrected chi connectivity index (χ2v) is 14.9. The summed E-state index contributed by atoms with van der Waals surface area (Å²) in [4.78, 5) is 2.34. The molecular weight excluding hydrogens is 709 g/mol. The first kappa shape index (κ1) is 32.4. The van der Waals surface area contributed by atoms with Crippen LogP contribution in [-0.4, -0.2) is 4.57 Å². The Morgan fingerprint density at radius 1 is 0.328 bits per heavy atom. The Labute approximate surface area is 334 Å². The molecule has 0 aliphatic rings. The average molecular weight is 743 g/mol. The Balaban J connectivity index is 0.997. The van der Waals surface area contributed by atoms with Gasteiger partial charge in [0.2, 0.25) is 0 Å². The minimum absolute atomic E-state index is 0.859. The minimum atomic E-state index is 0.859. The van der Waals surface area contributed by atoms with Crippen LogP contribution in [0.4, 0.5) is 17.1 Å². The third kappa shape index (κ3) is 5.09. The maximum Gasteiger partial charge on any atom is 0.143 e. The van der Waals surface area contributed by atoms with E-state index < -0.39 is 0 Å². The molecule has 0 aliphatic heterocycles. The third-order valence-electron chi connectivity index (χ3n) is 11.6. The van der Waals surface area contributed by atoms with Gasteiger partial charge in [0, 0.05) is 66.7 Å². The number of anilines is 3. The van der Waals surface area contributed by atoms with Crippen LogP contribution < -0.4 is 4.90 Å². The highest BCUT2D eigenvalue weighted by Gasteiger charge is 2.20. The van der Waals surface area contributed by atoms with Gasteiger partial charge in [0.15, 0.2) is 0 Å². The molecule has 0 saturated carbocycles. The van der Waals surface area contributed by atoms with Crippen molar-refractivity contribution < 1.29 is 8.83 Å². The van der Waals surface area contributed by atoms with E-state index >= 15 is 0 Å². The molecule has 0 radical (unpaired) electrons. The second kappa shape index (κ2) is 12.9. The molecule has 0 atom stereocenters. The molecule has 12 rings (SSSR count). The van der Waals surface area contributed by atoms with Gasteiger partial charge >= 0.3 is 0 Å². The van der Waals surface area contributed by atoms with E-state index in [1.165, 1.54) is 16.3 Å². The molecule has 0 bridgehead atoms. The quantitative estimate of drug-likeness (QED) is 0.170. The van der Waals surface area contributed by atoms with Crippen LogP contribution in [0.3, 0.4) is 0 Å². The first-order valence-electron chi connectivity index (χ1n) is 19.7. The first-order chi connectivity index (χ1) is 28.7. The summed E-state index contributed by atoms with van der Waals surface area (Å²) in [6.45, 7) is 0. The summed E-state index contributed by atoms with van der Waals surface area (Å²) in [6.07, 6.45) is 0. The van der Waals surface area contributed by atoms with Crippen molar-refractivity contribution in [3.05, 3.63) is 206 Å². The average Bonchev–Trinajstić information content (AvgIpc) is 3.96. The molecule has 0 amide bonds. The van der Waals surface area contributed by atoms with Crippen LogP contribution in [0.25, 0.3) is 93.6 Å². The van der Waals surface area contributed by atoms with Crippen LogP contribution in [0.5, 0.6) is 0 Å². The Kier molecular flexibility index (Phi) is 7.20. The van der Waals surface area contributed by atoms with Crippen LogP contribution in [-0.2, 0) is 0 Å². The molecular formula is C54H34N2O2. The summed E-state index contributed by atoms with van der Waals surface area (Å²) in [5, 5.41) is 6.86. The number of aromatic nitrogens is 1. The number of hydrogen-bond donors (Lipinski definition) is 0. The van der Waals surface area contributed by atoms with Crippen molar-refractivity contribution in [2.24, 2.45) is 0 Å². The summed E-state index contributed by atoms with van der Waals surface area (Å²) < 4.78 is 15.3. The predicted octanol–water partition coefficient (Wildman–Crippen LogP) is 15.4. The number of rotatable bonds is 6. The molecule has 0 saturated heterocycles. The standard InChI is InChI=1S/C54H34N2O2/c1-3-12-36(13-4-1)42-18-11-19-46-48-32-37(24-31-52(48)58-54(42)46)35-22-25-39(26-23-35)55(41-27-29-45-44-17-8-10-21-51(44)57-53(45)34-41)40-28-30-50-47(33-40)43-16-7-9-20-49(43)56(50)38-14-5-2-6-15-38/h1-34H. The van der Waals surface area contributed by atoms with Crippen LogP contribution in [0.1, 0.15) is 0 Å². The van der Waals surface area contributed by atoms with E-state index in [2.05, 4.69) is 198 Å². The predicted molar refractivity (Wildman–Crippen MR) is 241 cm³/mol. The van der Waals surface area contributed by atoms with Crippen molar-refractivity contribution in [2.75, 3.05) is 4.90 Å². The molecule has 3 heterocycles. The summed E-state index contributed by atoms with van der Waals surface area (Å²) in [6, 6.07) is 73.2. The molecule has 0 spiro atoms. The zero-order valence-corrected chi connectivity index (χ0v) is 31.3. The fourth-order valence-corrected chi connectivity index (χ4v) is 8.88.